The fraction of sp³-hybridized carbons (Fsp3) is 0.350. The molecule has 0 spiro atoms. The van der Waals surface area contributed by atoms with E-state index in [0.717, 1.165) is 41.4 Å². The topological polar surface area (TPSA) is 0 Å². The molecule has 212 valence electrons. The van der Waals surface area contributed by atoms with Gasteiger partial charge in [-0.2, -0.15) is 0 Å². The normalized spacial score (nSPS) is 18.0. The summed E-state index contributed by atoms with van der Waals surface area (Å²) in [5.41, 5.74) is 7.74. The molecule has 0 radical (unpaired) electrons. The van der Waals surface area contributed by atoms with Crippen molar-refractivity contribution in [3.8, 4) is 11.1 Å². The van der Waals surface area contributed by atoms with Crippen molar-refractivity contribution in [3.05, 3.63) is 131 Å². The summed E-state index contributed by atoms with van der Waals surface area (Å²) in [6.45, 7) is 4.57. The van der Waals surface area contributed by atoms with Crippen molar-refractivity contribution in [1.82, 2.24) is 0 Å². The number of hydrogen-bond acceptors (Lipinski definition) is 0. The van der Waals surface area contributed by atoms with E-state index in [-0.39, 0.29) is 5.82 Å². The number of hydrogen-bond donors (Lipinski definition) is 0. The highest BCUT2D eigenvalue weighted by molar-refractivity contribution is 5.72. The van der Waals surface area contributed by atoms with Gasteiger partial charge in [-0.1, -0.05) is 156 Å². The Hall–Kier alpha value is -3.45. The SMILES string of the molecule is CCCC1CCC(CCc2ccc(C=Cc3ccc(-c4ccc(C[C@@H](C)c5ccccc5)cc4)cc3F)cc2)CC1. The molecule has 1 heteroatoms. The van der Waals surface area contributed by atoms with Crippen molar-refractivity contribution in [3.63, 3.8) is 0 Å². The summed E-state index contributed by atoms with van der Waals surface area (Å²) in [4.78, 5) is 0. The Kier molecular flexibility index (Phi) is 10.2. The molecule has 0 unspecified atom stereocenters. The minimum Gasteiger partial charge on any atom is -0.206 e. The van der Waals surface area contributed by atoms with Gasteiger partial charge in [0.15, 0.2) is 0 Å². The molecule has 1 atom stereocenters. The number of benzene rings is 4. The van der Waals surface area contributed by atoms with Gasteiger partial charge in [0.25, 0.3) is 0 Å². The maximum Gasteiger partial charge on any atom is 0.131 e. The van der Waals surface area contributed by atoms with Crippen molar-refractivity contribution >= 4 is 12.2 Å². The molecule has 0 saturated heterocycles. The second-order valence-electron chi connectivity index (χ2n) is 12.2. The molecule has 0 aliphatic heterocycles. The van der Waals surface area contributed by atoms with E-state index in [4.69, 9.17) is 0 Å². The lowest BCUT2D eigenvalue weighted by molar-refractivity contribution is 0.252. The Morgan fingerprint density at radius 1 is 0.707 bits per heavy atom. The van der Waals surface area contributed by atoms with Crippen LogP contribution < -0.4 is 0 Å². The number of aryl methyl sites for hydroxylation is 1. The highest BCUT2D eigenvalue weighted by Crippen LogP contribution is 2.34. The lowest BCUT2D eigenvalue weighted by Crippen LogP contribution is -2.15. The highest BCUT2D eigenvalue weighted by atomic mass is 19.1. The third-order valence-corrected chi connectivity index (χ3v) is 9.14. The Bertz CT molecular complexity index is 1370. The van der Waals surface area contributed by atoms with Gasteiger partial charge in [-0.15, -0.1) is 0 Å². The quantitative estimate of drug-likeness (QED) is 0.165. The molecule has 1 aliphatic carbocycles. The second kappa shape index (κ2) is 14.4. The van der Waals surface area contributed by atoms with Crippen LogP contribution >= 0.6 is 0 Å². The Labute approximate surface area is 247 Å². The maximum atomic E-state index is 15.0. The molecule has 1 fully saturated rings. The van der Waals surface area contributed by atoms with E-state index in [2.05, 4.69) is 92.7 Å². The molecule has 0 N–H and O–H groups in total. The van der Waals surface area contributed by atoms with Gasteiger partial charge >= 0.3 is 0 Å². The second-order valence-corrected chi connectivity index (χ2v) is 12.2. The van der Waals surface area contributed by atoms with Gasteiger partial charge in [0.1, 0.15) is 5.82 Å². The van der Waals surface area contributed by atoms with E-state index in [1.165, 1.54) is 61.6 Å². The molecule has 41 heavy (non-hydrogen) atoms. The van der Waals surface area contributed by atoms with Crippen LogP contribution in [0.25, 0.3) is 23.3 Å². The van der Waals surface area contributed by atoms with E-state index in [9.17, 15) is 0 Å². The first kappa shape index (κ1) is 29.1. The smallest absolute Gasteiger partial charge is 0.131 e. The van der Waals surface area contributed by atoms with E-state index >= 15 is 4.39 Å². The van der Waals surface area contributed by atoms with E-state index in [1.54, 1.807) is 6.07 Å². The summed E-state index contributed by atoms with van der Waals surface area (Å²) in [7, 11) is 0. The lowest BCUT2D eigenvalue weighted by atomic mass is 9.78. The van der Waals surface area contributed by atoms with Crippen LogP contribution in [0.3, 0.4) is 0 Å². The van der Waals surface area contributed by atoms with Crippen LogP contribution in [0.2, 0.25) is 0 Å². The molecule has 4 aromatic carbocycles. The third kappa shape index (κ3) is 8.29. The minimum absolute atomic E-state index is 0.189. The fourth-order valence-corrected chi connectivity index (χ4v) is 6.50. The zero-order valence-electron chi connectivity index (χ0n) is 24.9. The van der Waals surface area contributed by atoms with Gasteiger partial charge < -0.3 is 0 Å². The molecular formula is C40H45F. The van der Waals surface area contributed by atoms with Crippen molar-refractivity contribution in [1.29, 1.82) is 0 Å². The van der Waals surface area contributed by atoms with Gasteiger partial charge in [-0.25, -0.2) is 4.39 Å². The van der Waals surface area contributed by atoms with Crippen LogP contribution in [0.15, 0.2) is 97.1 Å². The highest BCUT2D eigenvalue weighted by Gasteiger charge is 2.20. The average molecular weight is 545 g/mol. The minimum atomic E-state index is -0.189. The van der Waals surface area contributed by atoms with Crippen LogP contribution in [0.1, 0.15) is 92.5 Å². The van der Waals surface area contributed by atoms with Gasteiger partial charge in [-0.3, -0.25) is 0 Å². The predicted molar refractivity (Wildman–Crippen MR) is 174 cm³/mol. The van der Waals surface area contributed by atoms with E-state index < -0.39 is 0 Å². The third-order valence-electron chi connectivity index (χ3n) is 9.14. The number of rotatable bonds is 11. The van der Waals surface area contributed by atoms with Gasteiger partial charge in [0.2, 0.25) is 0 Å². The first-order valence-corrected chi connectivity index (χ1v) is 15.8. The molecule has 4 aromatic rings. The van der Waals surface area contributed by atoms with Crippen LogP contribution in [-0.2, 0) is 12.8 Å². The predicted octanol–water partition coefficient (Wildman–Crippen LogP) is 11.5. The standard InChI is InChI=1S/C40H45F/c1-3-7-31-10-12-32(13-11-31)14-15-33-16-18-34(19-17-33)20-25-38-26-27-39(29-40(38)41)37-23-21-35(22-24-37)28-30(2)36-8-5-4-6-9-36/h4-6,8-9,16-27,29-32H,3,7,10-15,28H2,1-2H3/t30-,31?,32?/m1/s1. The summed E-state index contributed by atoms with van der Waals surface area (Å²) < 4.78 is 15.0. The van der Waals surface area contributed by atoms with Crippen LogP contribution in [0, 0.1) is 17.7 Å². The first-order valence-electron chi connectivity index (χ1n) is 15.8. The largest absolute Gasteiger partial charge is 0.206 e. The lowest BCUT2D eigenvalue weighted by Gasteiger charge is -2.28. The Balaban J connectivity index is 1.13. The molecule has 5 rings (SSSR count). The van der Waals surface area contributed by atoms with Gasteiger partial charge in [0.05, 0.1) is 0 Å². The molecule has 0 nitrogen and oxygen atoms in total. The van der Waals surface area contributed by atoms with E-state index in [1.807, 2.05) is 24.3 Å². The van der Waals surface area contributed by atoms with Crippen LogP contribution in [-0.4, -0.2) is 0 Å². The van der Waals surface area contributed by atoms with Gasteiger partial charge in [0, 0.05) is 5.56 Å². The molecule has 1 saturated carbocycles. The maximum absolute atomic E-state index is 15.0. The summed E-state index contributed by atoms with van der Waals surface area (Å²) in [5.74, 6) is 2.15. The molecule has 0 heterocycles. The van der Waals surface area contributed by atoms with Crippen molar-refractivity contribution < 1.29 is 4.39 Å². The summed E-state index contributed by atoms with van der Waals surface area (Å²) in [6.07, 6.45) is 15.8. The van der Waals surface area contributed by atoms with Crippen molar-refractivity contribution in [2.24, 2.45) is 11.8 Å². The summed E-state index contributed by atoms with van der Waals surface area (Å²) >= 11 is 0. The molecular weight excluding hydrogens is 499 g/mol. The number of halogens is 1. The molecule has 0 amide bonds. The van der Waals surface area contributed by atoms with Crippen LogP contribution in [0.5, 0.6) is 0 Å². The first-order chi connectivity index (χ1) is 20.1. The molecule has 0 aromatic heterocycles. The zero-order chi connectivity index (χ0) is 28.4. The Morgan fingerprint density at radius 2 is 1.34 bits per heavy atom. The van der Waals surface area contributed by atoms with Crippen molar-refractivity contribution in [2.45, 2.75) is 77.6 Å². The van der Waals surface area contributed by atoms with Crippen molar-refractivity contribution in [2.75, 3.05) is 0 Å². The van der Waals surface area contributed by atoms with Crippen LogP contribution in [0.4, 0.5) is 4.39 Å². The van der Waals surface area contributed by atoms with E-state index in [0.29, 0.717) is 11.5 Å². The molecule has 1 aliphatic rings. The Morgan fingerprint density at radius 3 is 2.00 bits per heavy atom. The van der Waals surface area contributed by atoms with Gasteiger partial charge in [-0.05, 0) is 76.5 Å². The fourth-order valence-electron chi connectivity index (χ4n) is 6.50. The average Bonchev–Trinajstić information content (AvgIpc) is 3.01. The molecule has 0 bridgehead atoms. The summed E-state index contributed by atoms with van der Waals surface area (Å²) in [5, 5.41) is 0. The monoisotopic (exact) mass is 544 g/mol. The summed E-state index contributed by atoms with van der Waals surface area (Å²) in [6, 6.07) is 33.5. The zero-order valence-corrected chi connectivity index (χ0v) is 24.9.